The lowest BCUT2D eigenvalue weighted by atomic mass is 9.75. The van der Waals surface area contributed by atoms with Crippen LogP contribution in [0.1, 0.15) is 60.8 Å². The summed E-state index contributed by atoms with van der Waals surface area (Å²) < 4.78 is 0. The summed E-state index contributed by atoms with van der Waals surface area (Å²) in [6.07, 6.45) is 5.08. The van der Waals surface area contributed by atoms with Gasteiger partial charge in [-0.3, -0.25) is 9.78 Å². The van der Waals surface area contributed by atoms with Gasteiger partial charge in [-0.05, 0) is 42.2 Å². The first-order valence-corrected chi connectivity index (χ1v) is 9.70. The van der Waals surface area contributed by atoms with Crippen molar-refractivity contribution in [3.05, 3.63) is 36.5 Å². The average Bonchev–Trinajstić information content (AvgIpc) is 3.33. The number of carbonyl (C=O) groups is 1. The average molecular weight is 353 g/mol. The van der Waals surface area contributed by atoms with Gasteiger partial charge in [0.05, 0.1) is 17.4 Å². The van der Waals surface area contributed by atoms with E-state index in [0.717, 1.165) is 42.4 Å². The van der Waals surface area contributed by atoms with Gasteiger partial charge < -0.3 is 4.90 Å². The highest BCUT2D eigenvalue weighted by Gasteiger charge is 2.55. The summed E-state index contributed by atoms with van der Waals surface area (Å²) in [4.78, 5) is 20.2. The summed E-state index contributed by atoms with van der Waals surface area (Å²) in [5, 5.41) is 1.08. The Balaban J connectivity index is 1.97. The van der Waals surface area contributed by atoms with Gasteiger partial charge in [-0.2, -0.15) is 0 Å². The number of pyridine rings is 1. The summed E-state index contributed by atoms with van der Waals surface area (Å²) in [7, 11) is 0. The van der Waals surface area contributed by atoms with E-state index in [0.29, 0.717) is 0 Å². The minimum absolute atomic E-state index is 0.119. The quantitative estimate of drug-likeness (QED) is 0.678. The zero-order valence-corrected chi connectivity index (χ0v) is 17.1. The predicted molar refractivity (Wildman–Crippen MR) is 109 cm³/mol. The van der Waals surface area contributed by atoms with Crippen LogP contribution >= 0.6 is 0 Å². The Bertz CT molecular complexity index is 812. The van der Waals surface area contributed by atoms with Crippen LogP contribution in [0.15, 0.2) is 36.5 Å². The maximum Gasteiger partial charge on any atom is 0.233 e. The zero-order chi connectivity index (χ0) is 19.2. The third kappa shape index (κ3) is 3.62. The molecule has 0 aliphatic heterocycles. The van der Waals surface area contributed by atoms with Crippen LogP contribution in [0.25, 0.3) is 10.9 Å². The molecule has 1 aromatic carbocycles. The number of benzene rings is 1. The summed E-state index contributed by atoms with van der Waals surface area (Å²) in [6.45, 7) is 13.9. The highest BCUT2D eigenvalue weighted by atomic mass is 16.2. The molecule has 1 aliphatic carbocycles. The molecule has 0 N–H and O–H groups in total. The van der Waals surface area contributed by atoms with Crippen molar-refractivity contribution in [3.8, 4) is 0 Å². The van der Waals surface area contributed by atoms with Crippen LogP contribution in [-0.4, -0.2) is 17.4 Å². The van der Waals surface area contributed by atoms with Crippen molar-refractivity contribution in [2.45, 2.75) is 60.8 Å². The second kappa shape index (κ2) is 6.37. The lowest BCUT2D eigenvalue weighted by molar-refractivity contribution is -0.129. The van der Waals surface area contributed by atoms with Gasteiger partial charge in [0.2, 0.25) is 5.91 Å². The minimum atomic E-state index is -0.365. The Morgan fingerprint density at radius 3 is 2.42 bits per heavy atom. The topological polar surface area (TPSA) is 33.2 Å². The van der Waals surface area contributed by atoms with Gasteiger partial charge in [0, 0.05) is 17.3 Å². The number of hydrogen-bond acceptors (Lipinski definition) is 2. The highest BCUT2D eigenvalue weighted by molar-refractivity contribution is 5.99. The lowest BCUT2D eigenvalue weighted by Gasteiger charge is -2.37. The van der Waals surface area contributed by atoms with Crippen LogP contribution in [0.3, 0.4) is 0 Å². The first kappa shape index (κ1) is 18.9. The molecule has 1 amide bonds. The minimum Gasteiger partial charge on any atom is -0.310 e. The van der Waals surface area contributed by atoms with Gasteiger partial charge in [-0.1, -0.05) is 59.7 Å². The van der Waals surface area contributed by atoms with Gasteiger partial charge >= 0.3 is 0 Å². The molecule has 1 fully saturated rings. The van der Waals surface area contributed by atoms with Crippen molar-refractivity contribution in [1.29, 1.82) is 0 Å². The number of nitrogens with zero attached hydrogens (tertiary/aromatic N) is 2. The standard InChI is InChI=1S/C23H32N2O/c1-21(2,3)13-14-25(20(26)22(4,5)23(6)11-12-23)18-15-17-9-7-8-10-19(17)24-16-18/h7-10,15-16H,11-14H2,1-6H3. The molecule has 1 heterocycles. The third-order valence-electron chi connectivity index (χ3n) is 6.26. The van der Waals surface area contributed by atoms with E-state index in [1.807, 2.05) is 29.3 Å². The maximum absolute atomic E-state index is 13.6. The fraction of sp³-hybridized carbons (Fsp3) is 0.565. The largest absolute Gasteiger partial charge is 0.310 e. The van der Waals surface area contributed by atoms with E-state index in [4.69, 9.17) is 0 Å². The summed E-state index contributed by atoms with van der Waals surface area (Å²) in [5.74, 6) is 0.221. The Kier molecular flexibility index (Phi) is 4.62. The fourth-order valence-corrected chi connectivity index (χ4v) is 3.41. The van der Waals surface area contributed by atoms with Crippen molar-refractivity contribution < 1.29 is 4.79 Å². The molecule has 1 saturated carbocycles. The Labute approximate surface area is 157 Å². The molecule has 3 rings (SSSR count). The Hall–Kier alpha value is -1.90. The van der Waals surface area contributed by atoms with Gasteiger partial charge in [0.1, 0.15) is 0 Å². The molecule has 0 radical (unpaired) electrons. The number of fused-ring (bicyclic) bond motifs is 1. The smallest absolute Gasteiger partial charge is 0.233 e. The molecule has 0 bridgehead atoms. The summed E-state index contributed by atoms with van der Waals surface area (Å²) in [6, 6.07) is 10.2. The van der Waals surface area contributed by atoms with Crippen LogP contribution in [0, 0.1) is 16.2 Å². The normalized spacial score (nSPS) is 16.5. The fourth-order valence-electron chi connectivity index (χ4n) is 3.41. The molecule has 26 heavy (non-hydrogen) atoms. The number of carbonyl (C=O) groups excluding carboxylic acids is 1. The lowest BCUT2D eigenvalue weighted by Crippen LogP contribution is -2.46. The second-order valence-electron chi connectivity index (χ2n) is 9.84. The SMILES string of the molecule is CC(C)(C)CCN(C(=O)C(C)(C)C1(C)CC1)c1cnc2ccccc2c1. The van der Waals surface area contributed by atoms with Crippen molar-refractivity contribution >= 4 is 22.5 Å². The molecule has 1 aromatic heterocycles. The van der Waals surface area contributed by atoms with Gasteiger partial charge in [-0.15, -0.1) is 0 Å². The van der Waals surface area contributed by atoms with E-state index in [1.54, 1.807) is 0 Å². The monoisotopic (exact) mass is 352 g/mol. The summed E-state index contributed by atoms with van der Waals surface area (Å²) in [5.41, 5.74) is 1.81. The van der Waals surface area contributed by atoms with Crippen LogP contribution in [0.5, 0.6) is 0 Å². The molecule has 0 saturated heterocycles. The number of para-hydroxylation sites is 1. The molecule has 3 heteroatoms. The molecule has 3 nitrogen and oxygen atoms in total. The number of aromatic nitrogens is 1. The van der Waals surface area contributed by atoms with Crippen molar-refractivity contribution in [1.82, 2.24) is 4.98 Å². The van der Waals surface area contributed by atoms with Crippen molar-refractivity contribution in [2.24, 2.45) is 16.2 Å². The van der Waals surface area contributed by atoms with Crippen LogP contribution in [0.4, 0.5) is 5.69 Å². The van der Waals surface area contributed by atoms with E-state index in [-0.39, 0.29) is 22.2 Å². The Morgan fingerprint density at radius 2 is 1.81 bits per heavy atom. The molecule has 1 aliphatic rings. The third-order valence-corrected chi connectivity index (χ3v) is 6.26. The number of rotatable bonds is 5. The number of hydrogen-bond donors (Lipinski definition) is 0. The van der Waals surface area contributed by atoms with Crippen molar-refractivity contribution in [3.63, 3.8) is 0 Å². The first-order valence-electron chi connectivity index (χ1n) is 9.70. The molecule has 0 spiro atoms. The van der Waals surface area contributed by atoms with Crippen LogP contribution < -0.4 is 4.90 Å². The predicted octanol–water partition coefficient (Wildman–Crippen LogP) is 5.83. The van der Waals surface area contributed by atoms with Gasteiger partial charge in [0.15, 0.2) is 0 Å². The van der Waals surface area contributed by atoms with Gasteiger partial charge in [0.25, 0.3) is 0 Å². The van der Waals surface area contributed by atoms with E-state index in [9.17, 15) is 4.79 Å². The van der Waals surface area contributed by atoms with Crippen LogP contribution in [0.2, 0.25) is 0 Å². The molecule has 2 aromatic rings. The highest BCUT2D eigenvalue weighted by Crippen LogP contribution is 2.59. The summed E-state index contributed by atoms with van der Waals surface area (Å²) >= 11 is 0. The zero-order valence-electron chi connectivity index (χ0n) is 17.1. The van der Waals surface area contributed by atoms with Crippen LogP contribution in [-0.2, 0) is 4.79 Å². The molecular formula is C23H32N2O. The number of amides is 1. The maximum atomic E-state index is 13.6. The molecular weight excluding hydrogens is 320 g/mol. The van der Waals surface area contributed by atoms with E-state index in [2.05, 4.69) is 58.7 Å². The molecule has 140 valence electrons. The van der Waals surface area contributed by atoms with E-state index < -0.39 is 0 Å². The van der Waals surface area contributed by atoms with E-state index in [1.165, 1.54) is 0 Å². The first-order chi connectivity index (χ1) is 12.0. The molecule has 0 unspecified atom stereocenters. The van der Waals surface area contributed by atoms with Gasteiger partial charge in [-0.25, -0.2) is 0 Å². The van der Waals surface area contributed by atoms with Crippen molar-refractivity contribution in [2.75, 3.05) is 11.4 Å². The number of anilines is 1. The Morgan fingerprint density at radius 1 is 1.15 bits per heavy atom. The second-order valence-corrected chi connectivity index (χ2v) is 9.84. The van der Waals surface area contributed by atoms with E-state index >= 15 is 0 Å². The molecule has 0 atom stereocenters.